The first kappa shape index (κ1) is 18.1. The Labute approximate surface area is 157 Å². The van der Waals surface area contributed by atoms with Crippen LogP contribution in [0.5, 0.6) is 5.75 Å². The molecule has 134 valence electrons. The Morgan fingerprint density at radius 3 is 2.69 bits per heavy atom. The number of methoxy groups -OCH3 is 1. The molecule has 0 aliphatic carbocycles. The van der Waals surface area contributed by atoms with Crippen molar-refractivity contribution in [1.29, 1.82) is 0 Å². The highest BCUT2D eigenvalue weighted by atomic mass is 32.2. The standard InChI is InChI=1S/C20H21N3O2S/c1-25-19-14-17(26-2)8-9-18(19)20(24)21-12-10-15-4-6-16(7-5-15)23-13-3-11-22-23/h3-9,11,13-14H,10,12H2,1-2H3,(H,21,24). The average Bonchev–Trinajstić information content (AvgIpc) is 3.22. The van der Waals surface area contributed by atoms with Gasteiger partial charge in [0.1, 0.15) is 5.75 Å². The van der Waals surface area contributed by atoms with Gasteiger partial charge in [0, 0.05) is 23.8 Å². The predicted molar refractivity (Wildman–Crippen MR) is 104 cm³/mol. The lowest BCUT2D eigenvalue weighted by molar-refractivity contribution is 0.0951. The number of benzene rings is 2. The van der Waals surface area contributed by atoms with Crippen LogP contribution in [0.2, 0.25) is 0 Å². The molecule has 0 unspecified atom stereocenters. The lowest BCUT2D eigenvalue weighted by atomic mass is 10.1. The van der Waals surface area contributed by atoms with Crippen molar-refractivity contribution in [3.8, 4) is 11.4 Å². The molecule has 1 amide bonds. The van der Waals surface area contributed by atoms with Gasteiger partial charge in [-0.2, -0.15) is 5.10 Å². The fraction of sp³-hybridized carbons (Fsp3) is 0.200. The number of nitrogens with one attached hydrogen (secondary N) is 1. The molecule has 0 aliphatic heterocycles. The van der Waals surface area contributed by atoms with Crippen molar-refractivity contribution in [1.82, 2.24) is 15.1 Å². The van der Waals surface area contributed by atoms with Crippen LogP contribution >= 0.6 is 11.8 Å². The molecule has 0 radical (unpaired) electrons. The van der Waals surface area contributed by atoms with Gasteiger partial charge in [0.25, 0.3) is 5.91 Å². The second-order valence-corrected chi connectivity index (χ2v) is 6.57. The van der Waals surface area contributed by atoms with Crippen LogP contribution in [0.3, 0.4) is 0 Å². The first-order valence-corrected chi connectivity index (χ1v) is 9.53. The van der Waals surface area contributed by atoms with Gasteiger partial charge >= 0.3 is 0 Å². The Morgan fingerprint density at radius 1 is 1.23 bits per heavy atom. The molecule has 0 aliphatic rings. The summed E-state index contributed by atoms with van der Waals surface area (Å²) in [6, 6.07) is 15.7. The maximum atomic E-state index is 12.4. The predicted octanol–water partition coefficient (Wildman–Crippen LogP) is 3.58. The average molecular weight is 367 g/mol. The van der Waals surface area contributed by atoms with E-state index in [4.69, 9.17) is 4.74 Å². The van der Waals surface area contributed by atoms with E-state index in [0.717, 1.165) is 22.6 Å². The molecule has 0 fully saturated rings. The van der Waals surface area contributed by atoms with E-state index < -0.39 is 0 Å². The molecule has 0 saturated carbocycles. The van der Waals surface area contributed by atoms with Crippen molar-refractivity contribution in [3.05, 3.63) is 72.1 Å². The number of thioether (sulfide) groups is 1. The summed E-state index contributed by atoms with van der Waals surface area (Å²) in [7, 11) is 1.58. The highest BCUT2D eigenvalue weighted by molar-refractivity contribution is 7.98. The van der Waals surface area contributed by atoms with Gasteiger partial charge in [-0.3, -0.25) is 4.79 Å². The smallest absolute Gasteiger partial charge is 0.255 e. The molecule has 3 rings (SSSR count). The summed E-state index contributed by atoms with van der Waals surface area (Å²) in [6.07, 6.45) is 6.41. The summed E-state index contributed by atoms with van der Waals surface area (Å²) in [5, 5.41) is 7.17. The number of ether oxygens (including phenoxy) is 1. The molecule has 1 N–H and O–H groups in total. The Kier molecular flexibility index (Phi) is 5.96. The second-order valence-electron chi connectivity index (χ2n) is 5.69. The highest BCUT2D eigenvalue weighted by Gasteiger charge is 2.12. The largest absolute Gasteiger partial charge is 0.496 e. The van der Waals surface area contributed by atoms with Crippen molar-refractivity contribution in [3.63, 3.8) is 0 Å². The molecule has 1 aromatic heterocycles. The number of rotatable bonds is 7. The molecule has 2 aromatic carbocycles. The molecule has 1 heterocycles. The maximum absolute atomic E-state index is 12.4. The topological polar surface area (TPSA) is 56.1 Å². The van der Waals surface area contributed by atoms with E-state index in [0.29, 0.717) is 17.9 Å². The van der Waals surface area contributed by atoms with E-state index >= 15 is 0 Å². The van der Waals surface area contributed by atoms with E-state index in [2.05, 4.69) is 22.5 Å². The van der Waals surface area contributed by atoms with Crippen LogP contribution in [-0.2, 0) is 6.42 Å². The van der Waals surface area contributed by atoms with Crippen molar-refractivity contribution >= 4 is 17.7 Å². The number of aromatic nitrogens is 2. The Balaban J connectivity index is 1.57. The molecule has 5 nitrogen and oxygen atoms in total. The molecule has 6 heteroatoms. The third-order valence-electron chi connectivity index (χ3n) is 4.06. The number of amides is 1. The summed E-state index contributed by atoms with van der Waals surface area (Å²) in [5.41, 5.74) is 2.73. The van der Waals surface area contributed by atoms with Gasteiger partial charge in [0.15, 0.2) is 0 Å². The number of carbonyl (C=O) groups is 1. The zero-order chi connectivity index (χ0) is 18.4. The zero-order valence-corrected chi connectivity index (χ0v) is 15.6. The van der Waals surface area contributed by atoms with E-state index in [1.807, 2.05) is 47.5 Å². The Hall–Kier alpha value is -2.73. The van der Waals surface area contributed by atoms with Gasteiger partial charge in [0.05, 0.1) is 18.4 Å². The third-order valence-corrected chi connectivity index (χ3v) is 4.78. The van der Waals surface area contributed by atoms with Gasteiger partial charge in [-0.05, 0) is 54.6 Å². The SMILES string of the molecule is COc1cc(SC)ccc1C(=O)NCCc1ccc(-n2cccn2)cc1. The van der Waals surface area contributed by atoms with Gasteiger partial charge in [-0.1, -0.05) is 12.1 Å². The van der Waals surface area contributed by atoms with Crippen LogP contribution in [0.4, 0.5) is 0 Å². The molecular weight excluding hydrogens is 346 g/mol. The van der Waals surface area contributed by atoms with Crippen LogP contribution in [0.25, 0.3) is 5.69 Å². The van der Waals surface area contributed by atoms with Gasteiger partial charge in [-0.25, -0.2) is 4.68 Å². The van der Waals surface area contributed by atoms with Gasteiger partial charge < -0.3 is 10.1 Å². The second kappa shape index (κ2) is 8.58. The monoisotopic (exact) mass is 367 g/mol. The van der Waals surface area contributed by atoms with Gasteiger partial charge in [0.2, 0.25) is 0 Å². The lowest BCUT2D eigenvalue weighted by Crippen LogP contribution is -2.26. The van der Waals surface area contributed by atoms with Gasteiger partial charge in [-0.15, -0.1) is 11.8 Å². The first-order valence-electron chi connectivity index (χ1n) is 8.30. The van der Waals surface area contributed by atoms with Crippen molar-refractivity contribution in [2.24, 2.45) is 0 Å². The lowest BCUT2D eigenvalue weighted by Gasteiger charge is -2.11. The van der Waals surface area contributed by atoms with E-state index in [1.54, 1.807) is 31.1 Å². The molecule has 3 aromatic rings. The van der Waals surface area contributed by atoms with Crippen LogP contribution in [-0.4, -0.2) is 35.6 Å². The van der Waals surface area contributed by atoms with Crippen LogP contribution < -0.4 is 10.1 Å². The van der Waals surface area contributed by atoms with Crippen LogP contribution in [0.15, 0.2) is 65.8 Å². The number of hydrogen-bond acceptors (Lipinski definition) is 4. The first-order chi connectivity index (χ1) is 12.7. The summed E-state index contributed by atoms with van der Waals surface area (Å²) in [4.78, 5) is 13.5. The fourth-order valence-electron chi connectivity index (χ4n) is 2.64. The number of nitrogens with zero attached hydrogens (tertiary/aromatic N) is 2. The quantitative estimate of drug-likeness (QED) is 0.649. The molecule has 0 bridgehead atoms. The zero-order valence-electron chi connectivity index (χ0n) is 14.8. The maximum Gasteiger partial charge on any atom is 0.255 e. The van der Waals surface area contributed by atoms with E-state index in [-0.39, 0.29) is 5.91 Å². The van der Waals surface area contributed by atoms with Crippen LogP contribution in [0, 0.1) is 0 Å². The minimum atomic E-state index is -0.123. The summed E-state index contributed by atoms with van der Waals surface area (Å²) in [5.74, 6) is 0.473. The number of carbonyl (C=O) groups excluding carboxylic acids is 1. The van der Waals surface area contributed by atoms with Crippen molar-refractivity contribution in [2.75, 3.05) is 19.9 Å². The molecule has 26 heavy (non-hydrogen) atoms. The summed E-state index contributed by atoms with van der Waals surface area (Å²) >= 11 is 1.62. The van der Waals surface area contributed by atoms with E-state index in [1.165, 1.54) is 0 Å². The Morgan fingerprint density at radius 2 is 2.04 bits per heavy atom. The Bertz CT molecular complexity index is 861. The molecular formula is C20H21N3O2S. The summed E-state index contributed by atoms with van der Waals surface area (Å²) < 4.78 is 7.16. The van der Waals surface area contributed by atoms with Crippen molar-refractivity contribution in [2.45, 2.75) is 11.3 Å². The van der Waals surface area contributed by atoms with E-state index in [9.17, 15) is 4.79 Å². The third kappa shape index (κ3) is 4.26. The molecule has 0 saturated heterocycles. The normalized spacial score (nSPS) is 10.5. The van der Waals surface area contributed by atoms with Crippen LogP contribution in [0.1, 0.15) is 15.9 Å². The fourth-order valence-corrected chi connectivity index (χ4v) is 3.07. The molecule has 0 atom stereocenters. The van der Waals surface area contributed by atoms with Crippen molar-refractivity contribution < 1.29 is 9.53 Å². The molecule has 0 spiro atoms. The number of hydrogen-bond donors (Lipinski definition) is 1. The summed E-state index contributed by atoms with van der Waals surface area (Å²) in [6.45, 7) is 0.563. The minimum absolute atomic E-state index is 0.123. The minimum Gasteiger partial charge on any atom is -0.496 e. The highest BCUT2D eigenvalue weighted by Crippen LogP contribution is 2.25.